The van der Waals surface area contributed by atoms with Gasteiger partial charge in [-0.25, -0.2) is 8.42 Å². The summed E-state index contributed by atoms with van der Waals surface area (Å²) < 4.78 is 23.7. The summed E-state index contributed by atoms with van der Waals surface area (Å²) in [6.45, 7) is 7.14. The number of sulfone groups is 1. The van der Waals surface area contributed by atoms with Crippen molar-refractivity contribution in [2.24, 2.45) is 5.92 Å². The van der Waals surface area contributed by atoms with Gasteiger partial charge in [0.05, 0.1) is 10.6 Å². The fourth-order valence-electron chi connectivity index (χ4n) is 1.60. The third kappa shape index (κ3) is 4.33. The van der Waals surface area contributed by atoms with Crippen molar-refractivity contribution in [3.8, 4) is 0 Å². The van der Waals surface area contributed by atoms with E-state index >= 15 is 0 Å². The average Bonchev–Trinajstić information content (AvgIpc) is 2.36. The van der Waals surface area contributed by atoms with Gasteiger partial charge in [0.15, 0.2) is 9.84 Å². The van der Waals surface area contributed by atoms with E-state index in [1.807, 2.05) is 19.1 Å². The third-order valence-electron chi connectivity index (χ3n) is 3.04. The van der Waals surface area contributed by atoms with E-state index in [1.54, 1.807) is 12.1 Å². The molecule has 0 heterocycles. The van der Waals surface area contributed by atoms with Crippen LogP contribution in [0.25, 0.3) is 0 Å². The molecule has 1 atom stereocenters. The first-order valence-electron chi connectivity index (χ1n) is 6.56. The topological polar surface area (TPSA) is 46.2 Å². The normalized spacial score (nSPS) is 13.3. The lowest BCUT2D eigenvalue weighted by molar-refractivity contribution is 0.592. The predicted molar refractivity (Wildman–Crippen MR) is 76.7 cm³/mol. The van der Waals surface area contributed by atoms with Gasteiger partial charge in [0.25, 0.3) is 0 Å². The molecule has 0 aliphatic rings. The lowest BCUT2D eigenvalue weighted by atomic mass is 10.1. The van der Waals surface area contributed by atoms with Crippen molar-refractivity contribution >= 4 is 15.5 Å². The number of nitrogens with one attached hydrogen (secondary N) is 1. The standard InChI is InChI=1S/C14H23NO2S/c1-4-10-18(16,17)14-8-6-13(7-9-14)15-11-12(3)5-2/h6-9,12,15H,4-5,10-11H2,1-3H3. The molecule has 0 aliphatic heterocycles. The number of hydrogen-bond donors (Lipinski definition) is 1. The maximum atomic E-state index is 11.8. The van der Waals surface area contributed by atoms with Gasteiger partial charge in [0.2, 0.25) is 0 Å². The van der Waals surface area contributed by atoms with Gasteiger partial charge in [-0.3, -0.25) is 0 Å². The molecule has 18 heavy (non-hydrogen) atoms. The first-order valence-corrected chi connectivity index (χ1v) is 8.21. The van der Waals surface area contributed by atoms with Gasteiger partial charge in [0, 0.05) is 12.2 Å². The Kier molecular flexibility index (Phi) is 5.66. The molecule has 4 heteroatoms. The minimum atomic E-state index is -3.09. The summed E-state index contributed by atoms with van der Waals surface area (Å²) in [5.74, 6) is 0.834. The molecule has 1 aromatic carbocycles. The Bertz CT molecular complexity index is 451. The van der Waals surface area contributed by atoms with Crippen LogP contribution in [0.15, 0.2) is 29.2 Å². The molecule has 0 saturated heterocycles. The Morgan fingerprint density at radius 1 is 1.17 bits per heavy atom. The summed E-state index contributed by atoms with van der Waals surface area (Å²) in [6.07, 6.45) is 1.78. The molecule has 1 N–H and O–H groups in total. The molecule has 0 saturated carbocycles. The highest BCUT2D eigenvalue weighted by Gasteiger charge is 2.12. The van der Waals surface area contributed by atoms with Crippen molar-refractivity contribution in [3.63, 3.8) is 0 Å². The minimum absolute atomic E-state index is 0.215. The lowest BCUT2D eigenvalue weighted by Crippen LogP contribution is -2.10. The van der Waals surface area contributed by atoms with Crippen LogP contribution in [0.1, 0.15) is 33.6 Å². The highest BCUT2D eigenvalue weighted by Crippen LogP contribution is 2.16. The third-order valence-corrected chi connectivity index (χ3v) is 4.97. The van der Waals surface area contributed by atoms with Crippen LogP contribution in [-0.4, -0.2) is 20.7 Å². The minimum Gasteiger partial charge on any atom is -0.385 e. The Balaban J connectivity index is 2.68. The van der Waals surface area contributed by atoms with Crippen LogP contribution in [0.2, 0.25) is 0 Å². The van der Waals surface area contributed by atoms with Crippen LogP contribution in [0.4, 0.5) is 5.69 Å². The van der Waals surface area contributed by atoms with Crippen LogP contribution in [-0.2, 0) is 9.84 Å². The van der Waals surface area contributed by atoms with Crippen LogP contribution in [0.5, 0.6) is 0 Å². The van der Waals surface area contributed by atoms with Gasteiger partial charge < -0.3 is 5.32 Å². The van der Waals surface area contributed by atoms with Crippen LogP contribution in [0.3, 0.4) is 0 Å². The maximum Gasteiger partial charge on any atom is 0.178 e. The molecule has 0 bridgehead atoms. The summed E-state index contributed by atoms with van der Waals surface area (Å²) in [5, 5.41) is 3.31. The molecule has 0 radical (unpaired) electrons. The van der Waals surface area contributed by atoms with Gasteiger partial charge in [-0.1, -0.05) is 27.2 Å². The van der Waals surface area contributed by atoms with E-state index < -0.39 is 9.84 Å². The molecule has 1 rings (SSSR count). The smallest absolute Gasteiger partial charge is 0.178 e. The van der Waals surface area contributed by atoms with E-state index in [9.17, 15) is 8.42 Å². The SMILES string of the molecule is CCCS(=O)(=O)c1ccc(NCC(C)CC)cc1. The molecule has 0 aromatic heterocycles. The Labute approximate surface area is 111 Å². The van der Waals surface area contributed by atoms with Crippen molar-refractivity contribution < 1.29 is 8.42 Å². The zero-order valence-electron chi connectivity index (χ0n) is 11.4. The quantitative estimate of drug-likeness (QED) is 0.826. The zero-order valence-corrected chi connectivity index (χ0v) is 12.3. The van der Waals surface area contributed by atoms with E-state index in [0.717, 1.165) is 18.7 Å². The first kappa shape index (κ1) is 15.0. The molecule has 0 spiro atoms. The zero-order chi connectivity index (χ0) is 13.6. The van der Waals surface area contributed by atoms with Gasteiger partial charge in [0.1, 0.15) is 0 Å². The number of anilines is 1. The number of hydrogen-bond acceptors (Lipinski definition) is 3. The summed E-state index contributed by atoms with van der Waals surface area (Å²) >= 11 is 0. The van der Waals surface area contributed by atoms with Crippen molar-refractivity contribution in [1.82, 2.24) is 0 Å². The monoisotopic (exact) mass is 269 g/mol. The van der Waals surface area contributed by atoms with Crippen molar-refractivity contribution in [3.05, 3.63) is 24.3 Å². The van der Waals surface area contributed by atoms with E-state index in [-0.39, 0.29) is 5.75 Å². The summed E-state index contributed by atoms with van der Waals surface area (Å²) in [7, 11) is -3.09. The highest BCUT2D eigenvalue weighted by atomic mass is 32.2. The van der Waals surface area contributed by atoms with E-state index in [1.165, 1.54) is 0 Å². The maximum absolute atomic E-state index is 11.8. The van der Waals surface area contributed by atoms with Gasteiger partial charge in [-0.05, 0) is 36.6 Å². The predicted octanol–water partition coefficient (Wildman–Crippen LogP) is 3.33. The largest absolute Gasteiger partial charge is 0.385 e. The van der Waals surface area contributed by atoms with Crippen LogP contribution >= 0.6 is 0 Å². The Hall–Kier alpha value is -1.03. The summed E-state index contributed by atoms with van der Waals surface area (Å²) in [5.41, 5.74) is 0.978. The van der Waals surface area contributed by atoms with E-state index in [4.69, 9.17) is 0 Å². The second kappa shape index (κ2) is 6.78. The molecule has 0 aliphatic carbocycles. The second-order valence-electron chi connectivity index (χ2n) is 4.74. The van der Waals surface area contributed by atoms with Gasteiger partial charge >= 0.3 is 0 Å². The summed E-state index contributed by atoms with van der Waals surface area (Å²) in [4.78, 5) is 0.415. The summed E-state index contributed by atoms with van der Waals surface area (Å²) in [6, 6.07) is 7.05. The number of rotatable bonds is 7. The van der Waals surface area contributed by atoms with Crippen LogP contribution < -0.4 is 5.32 Å². The van der Waals surface area contributed by atoms with Crippen molar-refractivity contribution in [1.29, 1.82) is 0 Å². The molecule has 3 nitrogen and oxygen atoms in total. The fourth-order valence-corrected chi connectivity index (χ4v) is 2.93. The second-order valence-corrected chi connectivity index (χ2v) is 6.85. The molecule has 0 amide bonds. The number of benzene rings is 1. The molecular formula is C14H23NO2S. The van der Waals surface area contributed by atoms with Crippen molar-refractivity contribution in [2.75, 3.05) is 17.6 Å². The average molecular weight is 269 g/mol. The highest BCUT2D eigenvalue weighted by molar-refractivity contribution is 7.91. The van der Waals surface area contributed by atoms with Gasteiger partial charge in [-0.2, -0.15) is 0 Å². The van der Waals surface area contributed by atoms with Gasteiger partial charge in [-0.15, -0.1) is 0 Å². The van der Waals surface area contributed by atoms with Crippen LogP contribution in [0, 0.1) is 5.92 Å². The molecular weight excluding hydrogens is 246 g/mol. The molecule has 1 unspecified atom stereocenters. The molecule has 0 fully saturated rings. The Morgan fingerprint density at radius 2 is 1.78 bits per heavy atom. The Morgan fingerprint density at radius 3 is 2.28 bits per heavy atom. The molecule has 102 valence electrons. The fraction of sp³-hybridized carbons (Fsp3) is 0.571. The van der Waals surface area contributed by atoms with Crippen molar-refractivity contribution in [2.45, 2.75) is 38.5 Å². The molecule has 1 aromatic rings. The lowest BCUT2D eigenvalue weighted by Gasteiger charge is -2.11. The van der Waals surface area contributed by atoms with E-state index in [0.29, 0.717) is 17.2 Å². The van der Waals surface area contributed by atoms with E-state index in [2.05, 4.69) is 19.2 Å². The first-order chi connectivity index (χ1) is 8.49.